The molecule has 3 aromatic heterocycles. The number of halogens is 1. The van der Waals surface area contributed by atoms with Crippen LogP contribution >= 0.6 is 27.3 Å². The zero-order chi connectivity index (χ0) is 19.3. The average molecular weight is 451 g/mol. The topological polar surface area (TPSA) is 51.3 Å². The quantitative estimate of drug-likeness (QED) is 0.390. The Bertz CT molecular complexity index is 1260. The predicted molar refractivity (Wildman–Crippen MR) is 117 cm³/mol. The highest BCUT2D eigenvalue weighted by Gasteiger charge is 2.19. The summed E-state index contributed by atoms with van der Waals surface area (Å²) in [4.78, 5) is 18.5. The molecular weight excluding hydrogens is 436 g/mol. The van der Waals surface area contributed by atoms with Crippen molar-refractivity contribution >= 4 is 54.7 Å². The summed E-state index contributed by atoms with van der Waals surface area (Å²) in [6, 6.07) is 15.7. The number of nitrogens with zero attached hydrogens (tertiary/aromatic N) is 3. The van der Waals surface area contributed by atoms with Crippen molar-refractivity contribution in [2.75, 3.05) is 5.32 Å². The maximum atomic E-state index is 12.9. The number of aryl methyl sites for hydroxylation is 1. The highest BCUT2D eigenvalue weighted by Crippen LogP contribution is 2.31. The molecule has 2 aromatic carbocycles. The molecule has 0 radical (unpaired) electrons. The molecule has 7 heteroatoms. The van der Waals surface area contributed by atoms with Crippen LogP contribution in [0.5, 0.6) is 0 Å². The third kappa shape index (κ3) is 2.75. The summed E-state index contributed by atoms with van der Waals surface area (Å²) in [7, 11) is 1.90. The lowest BCUT2D eigenvalue weighted by molar-refractivity contribution is 0.101. The van der Waals surface area contributed by atoms with Gasteiger partial charge in [0.05, 0.1) is 10.2 Å². The van der Waals surface area contributed by atoms with E-state index in [1.165, 1.54) is 0 Å². The first-order valence-electron chi connectivity index (χ1n) is 8.69. The number of benzene rings is 2. The lowest BCUT2D eigenvalue weighted by Gasteiger charge is -2.08. The molecule has 1 N–H and O–H groups in total. The fraction of sp³-hybridized carbons (Fsp3) is 0.0476. The van der Waals surface area contributed by atoms with Crippen LogP contribution in [0.2, 0.25) is 0 Å². The van der Waals surface area contributed by atoms with Crippen molar-refractivity contribution in [3.8, 4) is 11.3 Å². The number of fused-ring (bicyclic) bond motifs is 2. The van der Waals surface area contributed by atoms with Gasteiger partial charge in [-0.05, 0) is 34.1 Å². The Kier molecular flexibility index (Phi) is 4.07. The van der Waals surface area contributed by atoms with Crippen molar-refractivity contribution in [3.63, 3.8) is 0 Å². The van der Waals surface area contributed by atoms with E-state index in [9.17, 15) is 4.79 Å². The van der Waals surface area contributed by atoms with Gasteiger partial charge in [0.1, 0.15) is 5.69 Å². The molecule has 1 amide bonds. The lowest BCUT2D eigenvalue weighted by Crippen LogP contribution is -2.16. The number of nitrogens with one attached hydrogen (secondary N) is 1. The van der Waals surface area contributed by atoms with Gasteiger partial charge < -0.3 is 9.88 Å². The number of thiazole rings is 1. The highest BCUT2D eigenvalue weighted by molar-refractivity contribution is 9.10. The SMILES string of the molecule is Cn1c(C(=O)Nc2ccc(-c3cn4ccsc4n3)cc2)c(Br)c2ccccc21. The van der Waals surface area contributed by atoms with Crippen LogP contribution in [0.4, 0.5) is 5.69 Å². The van der Waals surface area contributed by atoms with Crippen LogP contribution in [0.3, 0.4) is 0 Å². The summed E-state index contributed by atoms with van der Waals surface area (Å²) >= 11 is 5.18. The van der Waals surface area contributed by atoms with Crippen LogP contribution in [0, 0.1) is 0 Å². The third-order valence-corrected chi connectivity index (χ3v) is 6.37. The largest absolute Gasteiger partial charge is 0.339 e. The highest BCUT2D eigenvalue weighted by atomic mass is 79.9. The summed E-state index contributed by atoms with van der Waals surface area (Å²) < 4.78 is 4.71. The average Bonchev–Trinajstić information content (AvgIpc) is 3.36. The van der Waals surface area contributed by atoms with Crippen LogP contribution in [0.15, 0.2) is 70.8 Å². The molecule has 0 aliphatic carbocycles. The number of carbonyl (C=O) groups excluding carboxylic acids is 1. The number of rotatable bonds is 3. The number of para-hydroxylation sites is 1. The normalized spacial score (nSPS) is 11.4. The van der Waals surface area contributed by atoms with E-state index in [0.29, 0.717) is 5.69 Å². The van der Waals surface area contributed by atoms with Crippen LogP contribution in [0.1, 0.15) is 10.5 Å². The summed E-state index contributed by atoms with van der Waals surface area (Å²) in [5.74, 6) is -0.152. The Labute approximate surface area is 173 Å². The molecule has 0 atom stereocenters. The molecule has 0 aliphatic rings. The van der Waals surface area contributed by atoms with Crippen LogP contribution in [0.25, 0.3) is 27.1 Å². The maximum absolute atomic E-state index is 12.9. The molecule has 0 fully saturated rings. The second kappa shape index (κ2) is 6.61. The number of aromatic nitrogens is 3. The fourth-order valence-corrected chi connectivity index (χ4v) is 4.86. The minimum Gasteiger partial charge on any atom is -0.339 e. The molecule has 28 heavy (non-hydrogen) atoms. The summed E-state index contributed by atoms with van der Waals surface area (Å²) in [5.41, 5.74) is 4.28. The van der Waals surface area contributed by atoms with E-state index in [1.807, 2.05) is 82.3 Å². The van der Waals surface area contributed by atoms with E-state index in [4.69, 9.17) is 0 Å². The molecule has 3 heterocycles. The van der Waals surface area contributed by atoms with Crippen LogP contribution in [-0.4, -0.2) is 19.9 Å². The van der Waals surface area contributed by atoms with Gasteiger partial charge in [0.25, 0.3) is 5.91 Å². The molecule has 0 bridgehead atoms. The van der Waals surface area contributed by atoms with E-state index >= 15 is 0 Å². The Morgan fingerprint density at radius 3 is 2.68 bits per heavy atom. The van der Waals surface area contributed by atoms with Gasteiger partial charge in [0.15, 0.2) is 4.96 Å². The minimum atomic E-state index is -0.152. The Balaban J connectivity index is 1.42. The lowest BCUT2D eigenvalue weighted by atomic mass is 10.1. The molecular formula is C21H15BrN4OS. The molecule has 0 saturated heterocycles. The van der Waals surface area contributed by atoms with Gasteiger partial charge in [-0.1, -0.05) is 30.3 Å². The van der Waals surface area contributed by atoms with Crippen molar-refractivity contribution in [1.82, 2.24) is 14.0 Å². The second-order valence-corrected chi connectivity index (χ2v) is 8.16. The van der Waals surface area contributed by atoms with Crippen molar-refractivity contribution in [2.45, 2.75) is 0 Å². The molecule has 5 nitrogen and oxygen atoms in total. The van der Waals surface area contributed by atoms with Crippen molar-refractivity contribution in [1.29, 1.82) is 0 Å². The number of imidazole rings is 1. The maximum Gasteiger partial charge on any atom is 0.273 e. The molecule has 138 valence electrons. The number of amides is 1. The van der Waals surface area contributed by atoms with Gasteiger partial charge in [-0.15, -0.1) is 11.3 Å². The molecule has 0 aliphatic heterocycles. The van der Waals surface area contributed by atoms with Crippen molar-refractivity contribution in [2.24, 2.45) is 7.05 Å². The van der Waals surface area contributed by atoms with Crippen molar-refractivity contribution < 1.29 is 4.79 Å². The van der Waals surface area contributed by atoms with Crippen molar-refractivity contribution in [3.05, 3.63) is 76.5 Å². The Hall–Kier alpha value is -2.90. The van der Waals surface area contributed by atoms with E-state index in [1.54, 1.807) is 11.3 Å². The van der Waals surface area contributed by atoms with E-state index in [-0.39, 0.29) is 5.91 Å². The molecule has 5 rings (SSSR count). The molecule has 0 saturated carbocycles. The van der Waals surface area contributed by atoms with Gasteiger partial charge in [0.2, 0.25) is 0 Å². The predicted octanol–water partition coefficient (Wildman–Crippen LogP) is 5.57. The molecule has 0 spiro atoms. The number of hydrogen-bond acceptors (Lipinski definition) is 3. The molecule has 0 unspecified atom stereocenters. The van der Waals surface area contributed by atoms with Gasteiger partial charge in [-0.3, -0.25) is 9.20 Å². The standard InChI is InChI=1S/C21H15BrN4OS/c1-25-17-5-3-2-4-15(17)18(22)19(25)20(27)23-14-8-6-13(7-9-14)16-12-26-10-11-28-21(26)24-16/h2-12H,1H3,(H,23,27). The van der Waals surface area contributed by atoms with E-state index in [0.717, 1.165) is 37.3 Å². The summed E-state index contributed by atoms with van der Waals surface area (Å²) in [5, 5.41) is 6.02. The summed E-state index contributed by atoms with van der Waals surface area (Å²) in [6.07, 6.45) is 4.00. The second-order valence-electron chi connectivity index (χ2n) is 6.49. The number of carbonyl (C=O) groups is 1. The first-order valence-corrected chi connectivity index (χ1v) is 10.4. The summed E-state index contributed by atoms with van der Waals surface area (Å²) in [6.45, 7) is 0. The van der Waals surface area contributed by atoms with E-state index < -0.39 is 0 Å². The van der Waals surface area contributed by atoms with Gasteiger partial charge in [0, 0.05) is 47.0 Å². The zero-order valence-electron chi connectivity index (χ0n) is 14.9. The zero-order valence-corrected chi connectivity index (χ0v) is 17.3. The fourth-order valence-electron chi connectivity index (χ4n) is 3.38. The smallest absolute Gasteiger partial charge is 0.273 e. The van der Waals surface area contributed by atoms with Crippen LogP contribution in [-0.2, 0) is 7.05 Å². The molecule has 5 aromatic rings. The third-order valence-electron chi connectivity index (χ3n) is 4.79. The Morgan fingerprint density at radius 2 is 1.93 bits per heavy atom. The first-order chi connectivity index (χ1) is 13.6. The van der Waals surface area contributed by atoms with Gasteiger partial charge >= 0.3 is 0 Å². The van der Waals surface area contributed by atoms with Crippen LogP contribution < -0.4 is 5.32 Å². The van der Waals surface area contributed by atoms with Gasteiger partial charge in [-0.2, -0.15) is 0 Å². The number of anilines is 1. The first kappa shape index (κ1) is 17.2. The Morgan fingerprint density at radius 1 is 1.14 bits per heavy atom. The van der Waals surface area contributed by atoms with E-state index in [2.05, 4.69) is 26.2 Å². The number of hydrogen-bond donors (Lipinski definition) is 1. The monoisotopic (exact) mass is 450 g/mol. The van der Waals surface area contributed by atoms with Gasteiger partial charge in [-0.25, -0.2) is 4.98 Å². The minimum absolute atomic E-state index is 0.152.